The van der Waals surface area contributed by atoms with E-state index in [-0.39, 0.29) is 17.9 Å². The van der Waals surface area contributed by atoms with Crippen molar-refractivity contribution in [1.82, 2.24) is 0 Å². The van der Waals surface area contributed by atoms with Crippen molar-refractivity contribution < 1.29 is 10.2 Å². The molecule has 0 aliphatic heterocycles. The van der Waals surface area contributed by atoms with E-state index in [1.165, 1.54) is 0 Å². The molecule has 1 saturated carbocycles. The lowest BCUT2D eigenvalue weighted by Crippen LogP contribution is -2.47. The molecule has 2 bridgehead atoms. The van der Waals surface area contributed by atoms with Crippen LogP contribution in [-0.2, 0) is 0 Å². The number of hydrogen-bond donors (Lipinski definition) is 2. The summed E-state index contributed by atoms with van der Waals surface area (Å²) in [5, 5.41) is 20.2. The van der Waals surface area contributed by atoms with Crippen molar-refractivity contribution in [2.45, 2.75) is 25.0 Å². The quantitative estimate of drug-likeness (QED) is 0.564. The maximum Gasteiger partial charge on any atom is 0.0838 e. The second-order valence-corrected chi connectivity index (χ2v) is 5.13. The lowest BCUT2D eigenvalue weighted by molar-refractivity contribution is -0.0339. The largest absolute Gasteiger partial charge is 0.389 e. The van der Waals surface area contributed by atoms with Gasteiger partial charge in [-0.05, 0) is 25.2 Å². The summed E-state index contributed by atoms with van der Waals surface area (Å²) in [5.41, 5.74) is -0.728. The molecule has 76 valence electrons. The predicted octanol–water partition coefficient (Wildman–Crippen LogP) is 1.11. The van der Waals surface area contributed by atoms with Gasteiger partial charge in [-0.3, -0.25) is 0 Å². The summed E-state index contributed by atoms with van der Waals surface area (Å²) in [6, 6.07) is 0. The normalized spacial score (nSPS) is 59.2. The third-order valence-corrected chi connectivity index (χ3v) is 4.22. The third kappa shape index (κ3) is 0.931. The summed E-state index contributed by atoms with van der Waals surface area (Å²) >= 11 is 0. The van der Waals surface area contributed by atoms with E-state index in [2.05, 4.69) is 12.2 Å². The van der Waals surface area contributed by atoms with Crippen molar-refractivity contribution in [3.8, 4) is 0 Å². The maximum absolute atomic E-state index is 10.3. The van der Waals surface area contributed by atoms with Gasteiger partial charge in [0.25, 0.3) is 0 Å². The molecule has 0 amide bonds. The van der Waals surface area contributed by atoms with Crippen molar-refractivity contribution in [3.63, 3.8) is 0 Å². The molecule has 0 heterocycles. The Kier molecular flexibility index (Phi) is 1.55. The van der Waals surface area contributed by atoms with Crippen LogP contribution < -0.4 is 0 Å². The molecular formula is C12H16O2. The molecule has 3 aliphatic rings. The highest BCUT2D eigenvalue weighted by atomic mass is 16.3. The zero-order chi connectivity index (χ0) is 9.92. The first-order chi connectivity index (χ1) is 6.59. The number of fused-ring (bicyclic) bond motifs is 5. The highest BCUT2D eigenvalue weighted by Gasteiger charge is 2.54. The SMILES string of the molecule is CC1(O)C=CC(O)C2C3C=CC(C3)C21. The van der Waals surface area contributed by atoms with Gasteiger partial charge in [-0.1, -0.05) is 24.3 Å². The zero-order valence-electron chi connectivity index (χ0n) is 8.30. The van der Waals surface area contributed by atoms with E-state index in [1.807, 2.05) is 6.92 Å². The summed E-state index contributed by atoms with van der Waals surface area (Å²) < 4.78 is 0. The molecule has 14 heavy (non-hydrogen) atoms. The van der Waals surface area contributed by atoms with Gasteiger partial charge < -0.3 is 10.2 Å². The van der Waals surface area contributed by atoms with Crippen LogP contribution in [-0.4, -0.2) is 21.9 Å². The monoisotopic (exact) mass is 192 g/mol. The number of allylic oxidation sites excluding steroid dienone is 2. The molecule has 0 spiro atoms. The fraction of sp³-hybridized carbons (Fsp3) is 0.667. The number of aliphatic hydroxyl groups excluding tert-OH is 1. The predicted molar refractivity (Wildman–Crippen MR) is 53.5 cm³/mol. The summed E-state index contributed by atoms with van der Waals surface area (Å²) in [4.78, 5) is 0. The molecule has 0 aromatic carbocycles. The van der Waals surface area contributed by atoms with Gasteiger partial charge in [0.15, 0.2) is 0 Å². The number of hydrogen-bond acceptors (Lipinski definition) is 2. The molecule has 2 heteroatoms. The van der Waals surface area contributed by atoms with Gasteiger partial charge in [0.2, 0.25) is 0 Å². The van der Waals surface area contributed by atoms with Gasteiger partial charge in [-0.15, -0.1) is 0 Å². The molecule has 0 radical (unpaired) electrons. The third-order valence-electron chi connectivity index (χ3n) is 4.22. The van der Waals surface area contributed by atoms with E-state index < -0.39 is 5.60 Å². The molecule has 3 aliphatic carbocycles. The Labute approximate surface area is 83.9 Å². The smallest absolute Gasteiger partial charge is 0.0838 e. The van der Waals surface area contributed by atoms with Crippen molar-refractivity contribution in [1.29, 1.82) is 0 Å². The fourth-order valence-electron chi connectivity index (χ4n) is 3.68. The lowest BCUT2D eigenvalue weighted by Gasteiger charge is -2.42. The maximum atomic E-state index is 10.3. The summed E-state index contributed by atoms with van der Waals surface area (Å²) in [5.74, 6) is 1.42. The van der Waals surface area contributed by atoms with Crippen LogP contribution in [0.1, 0.15) is 13.3 Å². The Hall–Kier alpha value is -0.600. The molecule has 6 atom stereocenters. The molecule has 1 fully saturated rings. The van der Waals surface area contributed by atoms with Crippen LogP contribution in [0.3, 0.4) is 0 Å². The highest BCUT2D eigenvalue weighted by Crippen LogP contribution is 2.55. The van der Waals surface area contributed by atoms with E-state index in [4.69, 9.17) is 0 Å². The standard InChI is InChI=1S/C12H16O2/c1-12(14)5-4-9(13)10-7-2-3-8(6-7)11(10)12/h2-5,7-11,13-14H,6H2,1H3. The van der Waals surface area contributed by atoms with E-state index >= 15 is 0 Å². The lowest BCUT2D eigenvalue weighted by atomic mass is 9.67. The van der Waals surface area contributed by atoms with Crippen molar-refractivity contribution in [2.75, 3.05) is 0 Å². The van der Waals surface area contributed by atoms with Crippen molar-refractivity contribution in [3.05, 3.63) is 24.3 Å². The summed E-state index contributed by atoms with van der Waals surface area (Å²) in [6.45, 7) is 1.86. The first-order valence-corrected chi connectivity index (χ1v) is 5.38. The number of aliphatic hydroxyl groups is 2. The first kappa shape index (κ1) is 8.69. The number of rotatable bonds is 0. The molecule has 0 saturated heterocycles. The molecule has 2 nitrogen and oxygen atoms in total. The zero-order valence-corrected chi connectivity index (χ0v) is 8.30. The van der Waals surface area contributed by atoms with Crippen LogP contribution >= 0.6 is 0 Å². The topological polar surface area (TPSA) is 40.5 Å². The Morgan fingerprint density at radius 2 is 1.93 bits per heavy atom. The van der Waals surface area contributed by atoms with E-state index in [0.717, 1.165) is 6.42 Å². The average molecular weight is 192 g/mol. The van der Waals surface area contributed by atoms with Gasteiger partial charge >= 0.3 is 0 Å². The Balaban J connectivity index is 2.05. The van der Waals surface area contributed by atoms with Crippen LogP contribution in [0.15, 0.2) is 24.3 Å². The molecule has 6 unspecified atom stereocenters. The highest BCUT2D eigenvalue weighted by molar-refractivity contribution is 5.25. The second-order valence-electron chi connectivity index (χ2n) is 5.13. The van der Waals surface area contributed by atoms with Crippen LogP contribution in [0.2, 0.25) is 0 Å². The van der Waals surface area contributed by atoms with Gasteiger partial charge in [0.1, 0.15) is 0 Å². The molecule has 0 aromatic heterocycles. The molecular weight excluding hydrogens is 176 g/mol. The van der Waals surface area contributed by atoms with Crippen LogP contribution in [0, 0.1) is 23.7 Å². The van der Waals surface area contributed by atoms with E-state index in [9.17, 15) is 10.2 Å². The molecule has 0 aromatic rings. The Morgan fingerprint density at radius 1 is 1.21 bits per heavy atom. The minimum Gasteiger partial charge on any atom is -0.389 e. The molecule has 3 rings (SSSR count). The molecule has 2 N–H and O–H groups in total. The van der Waals surface area contributed by atoms with Gasteiger partial charge in [-0.2, -0.15) is 0 Å². The summed E-state index contributed by atoms with van der Waals surface area (Å²) in [6.07, 6.45) is 8.71. The summed E-state index contributed by atoms with van der Waals surface area (Å²) in [7, 11) is 0. The van der Waals surface area contributed by atoms with Gasteiger partial charge in [0, 0.05) is 11.8 Å². The van der Waals surface area contributed by atoms with Gasteiger partial charge in [0.05, 0.1) is 11.7 Å². The van der Waals surface area contributed by atoms with Gasteiger partial charge in [-0.25, -0.2) is 0 Å². The first-order valence-electron chi connectivity index (χ1n) is 5.38. The second kappa shape index (κ2) is 2.50. The van der Waals surface area contributed by atoms with E-state index in [0.29, 0.717) is 11.8 Å². The van der Waals surface area contributed by atoms with Crippen LogP contribution in [0.4, 0.5) is 0 Å². The van der Waals surface area contributed by atoms with Crippen LogP contribution in [0.25, 0.3) is 0 Å². The van der Waals surface area contributed by atoms with Crippen molar-refractivity contribution in [2.24, 2.45) is 23.7 Å². The minimum absolute atomic E-state index is 0.220. The van der Waals surface area contributed by atoms with E-state index in [1.54, 1.807) is 12.2 Å². The Bertz CT molecular complexity index is 316. The average Bonchev–Trinajstić information content (AvgIpc) is 2.71. The Morgan fingerprint density at radius 3 is 2.64 bits per heavy atom. The fourth-order valence-corrected chi connectivity index (χ4v) is 3.68. The van der Waals surface area contributed by atoms with Crippen LogP contribution in [0.5, 0.6) is 0 Å². The minimum atomic E-state index is -0.728. The van der Waals surface area contributed by atoms with Crippen molar-refractivity contribution >= 4 is 0 Å².